The average Bonchev–Trinajstić information content (AvgIpc) is 3.11. The topological polar surface area (TPSA) is 31.4 Å². The van der Waals surface area contributed by atoms with Crippen molar-refractivity contribution < 1.29 is 4.39 Å². The van der Waals surface area contributed by atoms with Gasteiger partial charge in [-0.2, -0.15) is 0 Å². The molecule has 5 rings (SSSR count). The molecule has 1 N–H and O–H groups in total. The van der Waals surface area contributed by atoms with Gasteiger partial charge in [-0.15, -0.1) is 0 Å². The number of alkyl halides is 1. The SMILES string of the molecule is Cc1ccc2nc(N3CCC(C)(F)c4ccccc4C3)cc(N3CCCNCC3)c2c1. The van der Waals surface area contributed by atoms with Crippen LogP contribution in [0.25, 0.3) is 10.9 Å². The minimum Gasteiger partial charge on any atom is -0.370 e. The number of nitrogens with one attached hydrogen (secondary N) is 1. The van der Waals surface area contributed by atoms with Gasteiger partial charge in [0.25, 0.3) is 0 Å². The highest BCUT2D eigenvalue weighted by atomic mass is 19.1. The lowest BCUT2D eigenvalue weighted by molar-refractivity contribution is 0.182. The smallest absolute Gasteiger partial charge is 0.135 e. The van der Waals surface area contributed by atoms with Crippen LogP contribution in [0.2, 0.25) is 0 Å². The van der Waals surface area contributed by atoms with Crippen LogP contribution in [0, 0.1) is 6.92 Å². The monoisotopic (exact) mass is 418 g/mol. The van der Waals surface area contributed by atoms with Crippen molar-refractivity contribution in [1.29, 1.82) is 0 Å². The molecule has 31 heavy (non-hydrogen) atoms. The van der Waals surface area contributed by atoms with Crippen LogP contribution in [-0.4, -0.2) is 37.7 Å². The molecule has 0 bridgehead atoms. The molecule has 0 amide bonds. The van der Waals surface area contributed by atoms with E-state index in [1.54, 1.807) is 6.92 Å². The Balaban J connectivity index is 1.59. The quantitative estimate of drug-likeness (QED) is 0.639. The number of fused-ring (bicyclic) bond motifs is 2. The number of aromatic nitrogens is 1. The summed E-state index contributed by atoms with van der Waals surface area (Å²) in [5.41, 5.74) is 4.04. The number of pyridine rings is 1. The zero-order valence-electron chi connectivity index (χ0n) is 18.5. The zero-order chi connectivity index (χ0) is 21.4. The maximum atomic E-state index is 15.5. The first-order chi connectivity index (χ1) is 15.0. The summed E-state index contributed by atoms with van der Waals surface area (Å²) < 4.78 is 15.5. The molecule has 1 unspecified atom stereocenters. The lowest BCUT2D eigenvalue weighted by Gasteiger charge is -2.28. The highest BCUT2D eigenvalue weighted by Crippen LogP contribution is 2.38. The molecule has 2 aliphatic rings. The second-order valence-corrected chi connectivity index (χ2v) is 9.14. The minimum atomic E-state index is -1.32. The van der Waals surface area contributed by atoms with E-state index in [9.17, 15) is 0 Å². The largest absolute Gasteiger partial charge is 0.370 e. The van der Waals surface area contributed by atoms with Crippen LogP contribution in [0.1, 0.15) is 36.5 Å². The summed E-state index contributed by atoms with van der Waals surface area (Å²) in [4.78, 5) is 9.78. The molecule has 4 nitrogen and oxygen atoms in total. The Hall–Kier alpha value is -2.66. The molecule has 1 saturated heterocycles. The maximum absolute atomic E-state index is 15.5. The predicted octanol–water partition coefficient (Wildman–Crippen LogP) is 4.94. The summed E-state index contributed by atoms with van der Waals surface area (Å²) in [6, 6.07) is 16.7. The van der Waals surface area contributed by atoms with E-state index < -0.39 is 5.67 Å². The van der Waals surface area contributed by atoms with Crippen molar-refractivity contribution in [2.24, 2.45) is 0 Å². The molecule has 1 aromatic heterocycles. The molecule has 5 heteroatoms. The number of benzene rings is 2. The van der Waals surface area contributed by atoms with E-state index >= 15 is 4.39 Å². The summed E-state index contributed by atoms with van der Waals surface area (Å²) in [5, 5.41) is 4.71. The van der Waals surface area contributed by atoms with Crippen molar-refractivity contribution in [3.05, 3.63) is 65.2 Å². The molecule has 2 aliphatic heterocycles. The third-order valence-corrected chi connectivity index (χ3v) is 6.72. The van der Waals surface area contributed by atoms with Crippen molar-refractivity contribution in [3.63, 3.8) is 0 Å². The van der Waals surface area contributed by atoms with E-state index in [-0.39, 0.29) is 0 Å². The molecule has 2 aromatic carbocycles. The lowest BCUT2D eigenvalue weighted by atomic mass is 9.92. The molecule has 162 valence electrons. The number of halogens is 1. The third kappa shape index (κ3) is 3.99. The van der Waals surface area contributed by atoms with Gasteiger partial charge in [-0.05, 0) is 50.1 Å². The maximum Gasteiger partial charge on any atom is 0.135 e. The Morgan fingerprint density at radius 3 is 2.77 bits per heavy atom. The molecule has 0 aliphatic carbocycles. The number of nitrogens with zero attached hydrogens (tertiary/aromatic N) is 3. The zero-order valence-corrected chi connectivity index (χ0v) is 18.5. The highest BCUT2D eigenvalue weighted by molar-refractivity contribution is 5.94. The number of rotatable bonds is 2. The summed E-state index contributed by atoms with van der Waals surface area (Å²) >= 11 is 0. The van der Waals surface area contributed by atoms with Gasteiger partial charge in [0.1, 0.15) is 11.5 Å². The highest BCUT2D eigenvalue weighted by Gasteiger charge is 2.33. The van der Waals surface area contributed by atoms with Crippen LogP contribution >= 0.6 is 0 Å². The second kappa shape index (κ2) is 8.12. The molecule has 3 heterocycles. The first-order valence-corrected chi connectivity index (χ1v) is 11.4. The van der Waals surface area contributed by atoms with E-state index in [4.69, 9.17) is 4.98 Å². The van der Waals surface area contributed by atoms with Crippen LogP contribution < -0.4 is 15.1 Å². The Kier molecular flexibility index (Phi) is 5.30. The van der Waals surface area contributed by atoms with E-state index in [0.717, 1.165) is 55.1 Å². The van der Waals surface area contributed by atoms with Crippen LogP contribution in [0.4, 0.5) is 15.9 Å². The van der Waals surface area contributed by atoms with Gasteiger partial charge in [-0.1, -0.05) is 35.9 Å². The van der Waals surface area contributed by atoms with E-state index in [2.05, 4.69) is 52.4 Å². The van der Waals surface area contributed by atoms with Gasteiger partial charge in [0.05, 0.1) is 5.52 Å². The Bertz CT molecular complexity index is 1090. The Morgan fingerprint density at radius 1 is 1.00 bits per heavy atom. The molecule has 0 saturated carbocycles. The van der Waals surface area contributed by atoms with Crippen molar-refractivity contribution >= 4 is 22.4 Å². The molecular weight excluding hydrogens is 387 g/mol. The van der Waals surface area contributed by atoms with E-state index in [0.29, 0.717) is 19.5 Å². The van der Waals surface area contributed by atoms with Gasteiger partial charge >= 0.3 is 0 Å². The van der Waals surface area contributed by atoms with Crippen molar-refractivity contribution in [3.8, 4) is 0 Å². The third-order valence-electron chi connectivity index (χ3n) is 6.72. The van der Waals surface area contributed by atoms with Gasteiger partial charge in [0.2, 0.25) is 0 Å². The van der Waals surface area contributed by atoms with Crippen LogP contribution in [0.5, 0.6) is 0 Å². The standard InChI is InChI=1S/C26H31FN4/c1-19-8-9-23-21(16-19)24(30-13-5-11-28-12-15-30)17-25(29-23)31-14-10-26(2,27)22-7-4-3-6-20(22)18-31/h3-4,6-9,16-17,28H,5,10-15,18H2,1-2H3. The van der Waals surface area contributed by atoms with Crippen molar-refractivity contribution in [2.75, 3.05) is 42.5 Å². The first-order valence-electron chi connectivity index (χ1n) is 11.4. The average molecular weight is 419 g/mol. The summed E-state index contributed by atoms with van der Waals surface area (Å²) in [5.74, 6) is 0.941. The molecular formula is C26H31FN4. The summed E-state index contributed by atoms with van der Waals surface area (Å²) in [6.07, 6.45) is 1.59. The van der Waals surface area contributed by atoms with Crippen LogP contribution in [-0.2, 0) is 12.2 Å². The summed E-state index contributed by atoms with van der Waals surface area (Å²) in [7, 11) is 0. The normalized spacial score (nSPS) is 22.2. The molecule has 1 fully saturated rings. The van der Waals surface area contributed by atoms with Gasteiger partial charge in [0.15, 0.2) is 0 Å². The molecule has 3 aromatic rings. The lowest BCUT2D eigenvalue weighted by Crippen LogP contribution is -2.29. The fraction of sp³-hybridized carbons (Fsp3) is 0.423. The molecule has 1 atom stereocenters. The second-order valence-electron chi connectivity index (χ2n) is 9.14. The van der Waals surface area contributed by atoms with Crippen LogP contribution in [0.15, 0.2) is 48.5 Å². The molecule has 0 spiro atoms. The van der Waals surface area contributed by atoms with E-state index in [1.807, 2.05) is 18.2 Å². The van der Waals surface area contributed by atoms with Crippen LogP contribution in [0.3, 0.4) is 0 Å². The van der Waals surface area contributed by atoms with Gasteiger partial charge < -0.3 is 15.1 Å². The fourth-order valence-electron chi connectivity index (χ4n) is 4.95. The Morgan fingerprint density at radius 2 is 1.87 bits per heavy atom. The minimum absolute atomic E-state index is 0.459. The van der Waals surface area contributed by atoms with Crippen molar-refractivity contribution in [2.45, 2.75) is 38.9 Å². The van der Waals surface area contributed by atoms with E-state index in [1.165, 1.54) is 16.6 Å². The van der Waals surface area contributed by atoms with Crippen molar-refractivity contribution in [1.82, 2.24) is 10.3 Å². The molecule has 0 radical (unpaired) electrons. The number of aryl methyl sites for hydroxylation is 1. The van der Waals surface area contributed by atoms with Gasteiger partial charge in [0, 0.05) is 56.3 Å². The number of anilines is 2. The van der Waals surface area contributed by atoms with Gasteiger partial charge in [-0.3, -0.25) is 0 Å². The first kappa shape index (κ1) is 20.3. The number of hydrogen-bond donors (Lipinski definition) is 1. The fourth-order valence-corrected chi connectivity index (χ4v) is 4.95. The summed E-state index contributed by atoms with van der Waals surface area (Å²) in [6.45, 7) is 9.24. The predicted molar refractivity (Wildman–Crippen MR) is 127 cm³/mol. The van der Waals surface area contributed by atoms with Gasteiger partial charge in [-0.25, -0.2) is 9.37 Å². The number of hydrogen-bond acceptors (Lipinski definition) is 4. The Labute approximate surface area is 184 Å².